The number of aromatic nitrogens is 2. The van der Waals surface area contributed by atoms with Crippen LogP contribution in [0.15, 0.2) is 41.3 Å². The third-order valence-corrected chi connectivity index (χ3v) is 2.75. The summed E-state index contributed by atoms with van der Waals surface area (Å²) in [4.78, 5) is 19.4. The van der Waals surface area contributed by atoms with Crippen LogP contribution in [0.1, 0.15) is 10.4 Å². The molecule has 0 spiro atoms. The Labute approximate surface area is 112 Å². The summed E-state index contributed by atoms with van der Waals surface area (Å²) in [5, 5.41) is 3.04. The molecule has 0 aliphatic heterocycles. The molecule has 0 aliphatic rings. The highest BCUT2D eigenvalue weighted by Gasteiger charge is 2.13. The van der Waals surface area contributed by atoms with Gasteiger partial charge in [0.2, 0.25) is 0 Å². The number of carbonyl (C=O) groups is 1. The molecule has 1 aromatic heterocycles. The van der Waals surface area contributed by atoms with Crippen molar-refractivity contribution in [3.05, 3.63) is 46.8 Å². The topological polar surface area (TPSA) is 64.1 Å². The number of nitrogens with one attached hydrogen (secondary N) is 1. The monoisotopic (exact) mass is 307 g/mol. The van der Waals surface area contributed by atoms with Gasteiger partial charge >= 0.3 is 5.97 Å². The van der Waals surface area contributed by atoms with Gasteiger partial charge in [-0.3, -0.25) is 0 Å². The first kappa shape index (κ1) is 12.5. The number of hydrogen-bond acceptors (Lipinski definition) is 5. The molecule has 2 rings (SSSR count). The molecule has 5 nitrogen and oxygen atoms in total. The molecule has 1 aromatic carbocycles. The molecule has 1 N–H and O–H groups in total. The van der Waals surface area contributed by atoms with Crippen molar-refractivity contribution in [2.45, 2.75) is 0 Å². The zero-order valence-corrected chi connectivity index (χ0v) is 11.1. The van der Waals surface area contributed by atoms with E-state index in [2.05, 4.69) is 36.0 Å². The number of anilines is 2. The first-order chi connectivity index (χ1) is 8.70. The lowest BCUT2D eigenvalue weighted by Gasteiger charge is -2.08. The fourth-order valence-corrected chi connectivity index (χ4v) is 1.62. The lowest BCUT2D eigenvalue weighted by Crippen LogP contribution is -2.07. The van der Waals surface area contributed by atoms with E-state index in [4.69, 9.17) is 0 Å². The summed E-state index contributed by atoms with van der Waals surface area (Å²) in [5.41, 5.74) is 1.12. The second-order valence-corrected chi connectivity index (χ2v) is 4.32. The SMILES string of the molecule is COC(=O)c1cncnc1Nc1ccc(Br)cc1. The second-order valence-electron chi connectivity index (χ2n) is 3.41. The van der Waals surface area contributed by atoms with Crippen molar-refractivity contribution >= 4 is 33.4 Å². The van der Waals surface area contributed by atoms with Gasteiger partial charge in [-0.1, -0.05) is 15.9 Å². The van der Waals surface area contributed by atoms with Crippen molar-refractivity contribution in [2.75, 3.05) is 12.4 Å². The summed E-state index contributed by atoms with van der Waals surface area (Å²) in [6, 6.07) is 7.52. The Kier molecular flexibility index (Phi) is 3.88. The highest BCUT2D eigenvalue weighted by Crippen LogP contribution is 2.20. The van der Waals surface area contributed by atoms with Crippen LogP contribution in [0, 0.1) is 0 Å². The number of methoxy groups -OCH3 is 1. The highest BCUT2D eigenvalue weighted by atomic mass is 79.9. The van der Waals surface area contributed by atoms with Gasteiger partial charge in [-0.15, -0.1) is 0 Å². The lowest BCUT2D eigenvalue weighted by atomic mass is 10.3. The number of nitrogens with zero attached hydrogens (tertiary/aromatic N) is 2. The Hall–Kier alpha value is -1.95. The molecule has 0 amide bonds. The highest BCUT2D eigenvalue weighted by molar-refractivity contribution is 9.10. The van der Waals surface area contributed by atoms with Gasteiger partial charge < -0.3 is 10.1 Å². The minimum atomic E-state index is -0.477. The Morgan fingerprint density at radius 3 is 2.72 bits per heavy atom. The van der Waals surface area contributed by atoms with E-state index in [9.17, 15) is 4.79 Å². The van der Waals surface area contributed by atoms with Gasteiger partial charge in [0.25, 0.3) is 0 Å². The molecule has 0 saturated carbocycles. The smallest absolute Gasteiger partial charge is 0.343 e. The molecule has 0 saturated heterocycles. The Morgan fingerprint density at radius 2 is 2.06 bits per heavy atom. The van der Waals surface area contributed by atoms with E-state index in [0.717, 1.165) is 10.2 Å². The van der Waals surface area contributed by atoms with Crippen molar-refractivity contribution in [1.29, 1.82) is 0 Å². The molecule has 0 aliphatic carbocycles. The minimum absolute atomic E-state index is 0.294. The molecule has 18 heavy (non-hydrogen) atoms. The zero-order chi connectivity index (χ0) is 13.0. The van der Waals surface area contributed by atoms with E-state index < -0.39 is 5.97 Å². The van der Waals surface area contributed by atoms with Gasteiger partial charge in [-0.25, -0.2) is 14.8 Å². The summed E-state index contributed by atoms with van der Waals surface area (Å²) < 4.78 is 5.64. The van der Waals surface area contributed by atoms with Crippen molar-refractivity contribution in [3.63, 3.8) is 0 Å². The molecular formula is C12H10BrN3O2. The van der Waals surface area contributed by atoms with Crippen LogP contribution >= 0.6 is 15.9 Å². The maximum Gasteiger partial charge on any atom is 0.343 e. The van der Waals surface area contributed by atoms with Crippen LogP contribution in [0.2, 0.25) is 0 Å². The summed E-state index contributed by atoms with van der Waals surface area (Å²) in [6.07, 6.45) is 2.79. The Morgan fingerprint density at radius 1 is 1.33 bits per heavy atom. The number of carbonyl (C=O) groups excluding carboxylic acids is 1. The fourth-order valence-electron chi connectivity index (χ4n) is 1.36. The van der Waals surface area contributed by atoms with E-state index in [1.165, 1.54) is 19.6 Å². The number of halogens is 1. The normalized spacial score (nSPS) is 9.89. The number of esters is 1. The molecular weight excluding hydrogens is 298 g/mol. The number of rotatable bonds is 3. The van der Waals surface area contributed by atoms with Gasteiger partial charge in [0.1, 0.15) is 17.7 Å². The number of benzene rings is 1. The van der Waals surface area contributed by atoms with E-state index in [1.807, 2.05) is 24.3 Å². The quantitative estimate of drug-likeness (QED) is 0.883. The maximum atomic E-state index is 11.5. The van der Waals surface area contributed by atoms with Crippen molar-refractivity contribution in [2.24, 2.45) is 0 Å². The molecule has 0 fully saturated rings. The Bertz CT molecular complexity index is 558. The predicted molar refractivity (Wildman–Crippen MR) is 70.8 cm³/mol. The van der Waals surface area contributed by atoms with Gasteiger partial charge in [-0.2, -0.15) is 0 Å². The second kappa shape index (κ2) is 5.59. The maximum absolute atomic E-state index is 11.5. The number of ether oxygens (including phenoxy) is 1. The van der Waals surface area contributed by atoms with Crippen LogP contribution < -0.4 is 5.32 Å². The van der Waals surface area contributed by atoms with E-state index >= 15 is 0 Å². The lowest BCUT2D eigenvalue weighted by molar-refractivity contribution is 0.0601. The summed E-state index contributed by atoms with van der Waals surface area (Å²) >= 11 is 3.35. The molecule has 2 aromatic rings. The van der Waals surface area contributed by atoms with Gasteiger partial charge in [0, 0.05) is 16.4 Å². The van der Waals surface area contributed by atoms with Crippen molar-refractivity contribution in [1.82, 2.24) is 9.97 Å². The van der Waals surface area contributed by atoms with Crippen LogP contribution in [0.25, 0.3) is 0 Å². The minimum Gasteiger partial charge on any atom is -0.465 e. The van der Waals surface area contributed by atoms with Gasteiger partial charge in [0.15, 0.2) is 0 Å². The Balaban J connectivity index is 2.28. The first-order valence-corrected chi connectivity index (χ1v) is 5.91. The first-order valence-electron chi connectivity index (χ1n) is 5.11. The van der Waals surface area contributed by atoms with E-state index in [1.54, 1.807) is 0 Å². The van der Waals surface area contributed by atoms with E-state index in [-0.39, 0.29) is 0 Å². The molecule has 0 atom stereocenters. The van der Waals surface area contributed by atoms with Crippen LogP contribution in [0.5, 0.6) is 0 Å². The summed E-state index contributed by atoms with van der Waals surface area (Å²) in [6.45, 7) is 0. The molecule has 1 heterocycles. The van der Waals surface area contributed by atoms with Crippen molar-refractivity contribution in [3.8, 4) is 0 Å². The largest absolute Gasteiger partial charge is 0.465 e. The van der Waals surface area contributed by atoms with Crippen LogP contribution in [0.3, 0.4) is 0 Å². The van der Waals surface area contributed by atoms with Crippen LogP contribution in [0.4, 0.5) is 11.5 Å². The predicted octanol–water partition coefficient (Wildman–Crippen LogP) is 2.77. The van der Waals surface area contributed by atoms with Gasteiger partial charge in [0.05, 0.1) is 7.11 Å². The average molecular weight is 308 g/mol. The van der Waals surface area contributed by atoms with Crippen LogP contribution in [-0.4, -0.2) is 23.0 Å². The number of hydrogen-bond donors (Lipinski definition) is 1. The third-order valence-electron chi connectivity index (χ3n) is 2.22. The van der Waals surface area contributed by atoms with Crippen molar-refractivity contribution < 1.29 is 9.53 Å². The fraction of sp³-hybridized carbons (Fsp3) is 0.0833. The molecule has 92 valence electrons. The summed E-state index contributed by atoms with van der Waals surface area (Å²) in [5.74, 6) is -0.0608. The third kappa shape index (κ3) is 2.84. The van der Waals surface area contributed by atoms with Gasteiger partial charge in [-0.05, 0) is 24.3 Å². The molecule has 6 heteroatoms. The summed E-state index contributed by atoms with van der Waals surface area (Å²) in [7, 11) is 1.32. The van der Waals surface area contributed by atoms with Crippen LogP contribution in [-0.2, 0) is 4.74 Å². The van der Waals surface area contributed by atoms with E-state index in [0.29, 0.717) is 11.4 Å². The standard InChI is InChI=1S/C12H10BrN3O2/c1-18-12(17)10-6-14-7-15-11(10)16-9-4-2-8(13)3-5-9/h2-7H,1H3,(H,14,15,16). The molecule has 0 unspecified atom stereocenters. The molecule has 0 bridgehead atoms. The molecule has 0 radical (unpaired) electrons. The zero-order valence-electron chi connectivity index (χ0n) is 9.55. The average Bonchev–Trinajstić information content (AvgIpc) is 2.41.